The SMILES string of the molecule is Cc1ccc(C=C(C#N)C(=O)Nc2ncc(Cc3cc(Cl)ccc3Cl)s2)s1. The van der Waals surface area contributed by atoms with Crippen molar-refractivity contribution in [3.8, 4) is 6.07 Å². The van der Waals surface area contributed by atoms with Crippen LogP contribution in [0.2, 0.25) is 10.0 Å². The van der Waals surface area contributed by atoms with Crippen LogP contribution in [-0.2, 0) is 11.2 Å². The van der Waals surface area contributed by atoms with Gasteiger partial charge in [-0.1, -0.05) is 23.2 Å². The molecule has 3 rings (SSSR count). The third-order valence-electron chi connectivity index (χ3n) is 3.56. The van der Waals surface area contributed by atoms with Crippen LogP contribution in [-0.4, -0.2) is 10.9 Å². The largest absolute Gasteiger partial charge is 0.297 e. The van der Waals surface area contributed by atoms with Crippen molar-refractivity contribution >= 4 is 63.0 Å². The molecule has 0 bridgehead atoms. The fourth-order valence-corrected chi connectivity index (χ4v) is 4.33. The first-order chi connectivity index (χ1) is 12.9. The monoisotopic (exact) mass is 433 g/mol. The molecule has 0 radical (unpaired) electrons. The van der Waals surface area contributed by atoms with E-state index in [9.17, 15) is 10.1 Å². The summed E-state index contributed by atoms with van der Waals surface area (Å²) in [5, 5.41) is 13.6. The number of anilines is 1. The van der Waals surface area contributed by atoms with Gasteiger partial charge in [0.15, 0.2) is 5.13 Å². The lowest BCUT2D eigenvalue weighted by Gasteiger charge is -2.02. The van der Waals surface area contributed by atoms with Crippen LogP contribution in [0, 0.1) is 18.3 Å². The molecule has 0 spiro atoms. The van der Waals surface area contributed by atoms with E-state index >= 15 is 0 Å². The number of rotatable bonds is 5. The van der Waals surface area contributed by atoms with Gasteiger partial charge in [-0.05, 0) is 48.9 Å². The number of halogens is 2. The van der Waals surface area contributed by atoms with Crippen LogP contribution in [0.3, 0.4) is 0 Å². The van der Waals surface area contributed by atoms with Crippen LogP contribution in [0.15, 0.2) is 42.1 Å². The van der Waals surface area contributed by atoms with Crippen LogP contribution < -0.4 is 5.32 Å². The number of hydrogen-bond donors (Lipinski definition) is 1. The van der Waals surface area contributed by atoms with Crippen molar-refractivity contribution in [2.45, 2.75) is 13.3 Å². The van der Waals surface area contributed by atoms with E-state index in [0.29, 0.717) is 21.6 Å². The first-order valence-electron chi connectivity index (χ1n) is 7.83. The molecule has 1 amide bonds. The summed E-state index contributed by atoms with van der Waals surface area (Å²) in [6, 6.07) is 11.0. The molecule has 0 aliphatic heterocycles. The number of amides is 1. The first kappa shape index (κ1) is 19.6. The normalized spacial score (nSPS) is 11.3. The molecule has 0 saturated heterocycles. The van der Waals surface area contributed by atoms with Gasteiger partial charge in [0.1, 0.15) is 11.6 Å². The molecular formula is C19H13Cl2N3OS2. The predicted octanol–water partition coefficient (Wildman–Crippen LogP) is 5.96. The summed E-state index contributed by atoms with van der Waals surface area (Å²) in [4.78, 5) is 19.5. The molecule has 27 heavy (non-hydrogen) atoms. The summed E-state index contributed by atoms with van der Waals surface area (Å²) in [5.41, 5.74) is 0.919. The molecule has 0 fully saturated rings. The zero-order chi connectivity index (χ0) is 19.4. The average Bonchev–Trinajstić information content (AvgIpc) is 3.24. The molecule has 1 aromatic carbocycles. The van der Waals surface area contributed by atoms with Crippen molar-refractivity contribution in [2.24, 2.45) is 0 Å². The zero-order valence-corrected chi connectivity index (χ0v) is 17.3. The summed E-state index contributed by atoms with van der Waals surface area (Å²) in [6.45, 7) is 1.97. The summed E-state index contributed by atoms with van der Waals surface area (Å²) in [7, 11) is 0. The fraction of sp³-hybridized carbons (Fsp3) is 0.105. The van der Waals surface area contributed by atoms with Crippen molar-refractivity contribution in [1.82, 2.24) is 4.98 Å². The van der Waals surface area contributed by atoms with Crippen LogP contribution in [0.4, 0.5) is 5.13 Å². The number of aryl methyl sites for hydroxylation is 1. The van der Waals surface area contributed by atoms with Crippen molar-refractivity contribution < 1.29 is 4.79 Å². The number of thiophene rings is 1. The van der Waals surface area contributed by atoms with Crippen molar-refractivity contribution in [1.29, 1.82) is 5.26 Å². The maximum absolute atomic E-state index is 12.4. The lowest BCUT2D eigenvalue weighted by atomic mass is 10.1. The highest BCUT2D eigenvalue weighted by Crippen LogP contribution is 2.27. The van der Waals surface area contributed by atoms with E-state index < -0.39 is 5.91 Å². The number of benzene rings is 1. The lowest BCUT2D eigenvalue weighted by Crippen LogP contribution is -2.13. The van der Waals surface area contributed by atoms with Crippen LogP contribution in [0.25, 0.3) is 6.08 Å². The van der Waals surface area contributed by atoms with E-state index in [4.69, 9.17) is 23.2 Å². The summed E-state index contributed by atoms with van der Waals surface area (Å²) in [6.07, 6.45) is 3.81. The Bertz CT molecular complexity index is 1060. The smallest absolute Gasteiger partial charge is 0.268 e. The highest BCUT2D eigenvalue weighted by Gasteiger charge is 2.13. The lowest BCUT2D eigenvalue weighted by molar-refractivity contribution is -0.112. The second kappa shape index (κ2) is 8.68. The molecule has 0 aliphatic carbocycles. The number of carbonyl (C=O) groups is 1. The second-order valence-electron chi connectivity index (χ2n) is 5.62. The Balaban J connectivity index is 1.71. The highest BCUT2D eigenvalue weighted by atomic mass is 35.5. The Labute approximate surface area is 174 Å². The molecule has 2 aromatic heterocycles. The van der Waals surface area contributed by atoms with Gasteiger partial charge in [0.05, 0.1) is 0 Å². The van der Waals surface area contributed by atoms with Crippen LogP contribution in [0.5, 0.6) is 0 Å². The number of nitrogens with zero attached hydrogens (tertiary/aromatic N) is 2. The molecule has 0 unspecified atom stereocenters. The standard InChI is InChI=1S/C19H13Cl2N3OS2/c1-11-2-4-15(26-11)8-13(9-22)18(25)24-19-23-10-16(27-19)7-12-6-14(20)3-5-17(12)21/h2-6,8,10H,7H2,1H3,(H,23,24,25). The number of nitriles is 1. The van der Waals surface area contributed by atoms with Gasteiger partial charge in [-0.25, -0.2) is 4.98 Å². The third kappa shape index (κ3) is 5.18. The highest BCUT2D eigenvalue weighted by molar-refractivity contribution is 7.15. The molecule has 3 aromatic rings. The van der Waals surface area contributed by atoms with Crippen molar-refractivity contribution in [3.63, 3.8) is 0 Å². The second-order valence-corrected chi connectivity index (χ2v) is 8.89. The topological polar surface area (TPSA) is 65.8 Å². The summed E-state index contributed by atoms with van der Waals surface area (Å²) >= 11 is 15.1. The Hall–Kier alpha value is -2.17. The van der Waals surface area contributed by atoms with Crippen molar-refractivity contribution in [3.05, 3.63) is 72.3 Å². The van der Waals surface area contributed by atoms with Crippen molar-refractivity contribution in [2.75, 3.05) is 5.32 Å². The maximum Gasteiger partial charge on any atom is 0.268 e. The Morgan fingerprint density at radius 3 is 2.81 bits per heavy atom. The minimum atomic E-state index is -0.481. The molecule has 136 valence electrons. The van der Waals surface area contributed by atoms with Gasteiger partial charge in [0.25, 0.3) is 5.91 Å². The minimum absolute atomic E-state index is 0.0338. The Morgan fingerprint density at radius 2 is 2.11 bits per heavy atom. The molecule has 0 aliphatic rings. The molecule has 4 nitrogen and oxygen atoms in total. The summed E-state index contributed by atoms with van der Waals surface area (Å²) in [5.74, 6) is -0.481. The fourth-order valence-electron chi connectivity index (χ4n) is 2.30. The van der Waals surface area contributed by atoms with Gasteiger partial charge in [-0.2, -0.15) is 5.26 Å². The third-order valence-corrected chi connectivity index (χ3v) is 6.02. The molecule has 1 N–H and O–H groups in total. The van der Waals surface area contributed by atoms with E-state index in [-0.39, 0.29) is 5.57 Å². The maximum atomic E-state index is 12.4. The first-order valence-corrected chi connectivity index (χ1v) is 10.2. The number of aromatic nitrogens is 1. The van der Waals surface area contributed by atoms with Crippen LogP contribution >= 0.6 is 45.9 Å². The van der Waals surface area contributed by atoms with Crippen LogP contribution in [0.1, 0.15) is 20.2 Å². The van der Waals surface area contributed by atoms with Gasteiger partial charge in [0.2, 0.25) is 0 Å². The van der Waals surface area contributed by atoms with Gasteiger partial charge >= 0.3 is 0 Å². The summed E-state index contributed by atoms with van der Waals surface area (Å²) < 4.78 is 0. The molecular weight excluding hydrogens is 421 g/mol. The minimum Gasteiger partial charge on any atom is -0.297 e. The average molecular weight is 434 g/mol. The molecule has 0 saturated carbocycles. The Morgan fingerprint density at radius 1 is 1.30 bits per heavy atom. The molecule has 0 atom stereocenters. The van der Waals surface area contributed by atoms with Gasteiger partial charge in [0, 0.05) is 37.3 Å². The van der Waals surface area contributed by atoms with E-state index in [0.717, 1.165) is 20.2 Å². The predicted molar refractivity (Wildman–Crippen MR) is 113 cm³/mol. The molecule has 2 heterocycles. The van der Waals surface area contributed by atoms with E-state index in [2.05, 4.69) is 10.3 Å². The van der Waals surface area contributed by atoms with Gasteiger partial charge in [-0.3, -0.25) is 10.1 Å². The van der Waals surface area contributed by atoms with E-state index in [1.54, 1.807) is 30.5 Å². The van der Waals surface area contributed by atoms with Gasteiger partial charge in [-0.15, -0.1) is 22.7 Å². The van der Waals surface area contributed by atoms with Gasteiger partial charge < -0.3 is 0 Å². The number of hydrogen-bond acceptors (Lipinski definition) is 5. The quantitative estimate of drug-likeness (QED) is 0.398. The molecule has 8 heteroatoms. The zero-order valence-electron chi connectivity index (χ0n) is 14.1. The van der Waals surface area contributed by atoms with E-state index in [1.807, 2.05) is 25.1 Å². The number of thiazole rings is 1. The Kier molecular flexibility index (Phi) is 6.30. The van der Waals surface area contributed by atoms with E-state index in [1.165, 1.54) is 22.7 Å². The number of carbonyl (C=O) groups excluding carboxylic acids is 1. The number of nitrogens with one attached hydrogen (secondary N) is 1.